The van der Waals surface area contributed by atoms with Crippen molar-refractivity contribution in [3.8, 4) is 0 Å². The topological polar surface area (TPSA) is 208 Å². The number of carboxylic acid groups (broad SMARTS) is 2. The molecule has 4 unspecified atom stereocenters. The molecule has 3 amide bonds. The van der Waals surface area contributed by atoms with E-state index in [4.69, 9.17) is 15.9 Å². The molecule has 0 spiro atoms. The van der Waals surface area contributed by atoms with Crippen molar-refractivity contribution < 1.29 is 39.3 Å². The molecular weight excluding hydrogens is 364 g/mol. The smallest absolute Gasteiger partial charge is 0.326 e. The van der Waals surface area contributed by atoms with Crippen LogP contribution >= 0.6 is 0 Å². The van der Waals surface area contributed by atoms with Crippen molar-refractivity contribution in [1.29, 1.82) is 0 Å². The summed E-state index contributed by atoms with van der Waals surface area (Å²) >= 11 is 0. The summed E-state index contributed by atoms with van der Waals surface area (Å²) in [5, 5.41) is 33.5. The van der Waals surface area contributed by atoms with Gasteiger partial charge in [0, 0.05) is 0 Å². The number of aliphatic hydroxyl groups is 1. The van der Waals surface area contributed by atoms with Crippen LogP contribution in [0.4, 0.5) is 0 Å². The number of amides is 3. The Balaban J connectivity index is 4.85. The Hall–Kier alpha value is -2.73. The largest absolute Gasteiger partial charge is 0.481 e. The molecule has 0 heterocycles. The lowest BCUT2D eigenvalue weighted by atomic mass is 10.0. The van der Waals surface area contributed by atoms with Crippen LogP contribution in [0.15, 0.2) is 0 Å². The minimum Gasteiger partial charge on any atom is -0.481 e. The van der Waals surface area contributed by atoms with Crippen LogP contribution in [0.1, 0.15) is 27.2 Å². The maximum absolute atomic E-state index is 12.2. The van der Waals surface area contributed by atoms with Gasteiger partial charge in [-0.25, -0.2) is 4.79 Å². The molecule has 0 rings (SSSR count). The first kappa shape index (κ1) is 24.3. The van der Waals surface area contributed by atoms with Gasteiger partial charge in [-0.2, -0.15) is 0 Å². The summed E-state index contributed by atoms with van der Waals surface area (Å²) < 4.78 is 0. The van der Waals surface area contributed by atoms with Crippen LogP contribution in [0.3, 0.4) is 0 Å². The van der Waals surface area contributed by atoms with Gasteiger partial charge in [0.2, 0.25) is 17.7 Å². The minimum atomic E-state index is -1.66. The van der Waals surface area contributed by atoms with Crippen molar-refractivity contribution in [1.82, 2.24) is 16.0 Å². The predicted octanol–water partition coefficient (Wildman–Crippen LogP) is -3.00. The number of hydrogen-bond acceptors (Lipinski definition) is 7. The molecule has 0 saturated carbocycles. The Morgan fingerprint density at radius 3 is 1.93 bits per heavy atom. The molecule has 0 aliphatic heterocycles. The average molecular weight is 390 g/mol. The second kappa shape index (κ2) is 11.1. The zero-order chi connectivity index (χ0) is 21.3. The SMILES string of the molecule is CC(C)C(NC(=O)CNC(=O)C(N)C(C)O)C(=O)NC(CC(=O)O)C(=O)O. The molecule has 0 aromatic carbocycles. The van der Waals surface area contributed by atoms with Gasteiger partial charge in [0.1, 0.15) is 18.1 Å². The van der Waals surface area contributed by atoms with Crippen LogP contribution in [-0.2, 0) is 24.0 Å². The lowest BCUT2D eigenvalue weighted by Crippen LogP contribution is -2.56. The molecule has 0 aliphatic carbocycles. The second-order valence-electron chi connectivity index (χ2n) is 6.27. The van der Waals surface area contributed by atoms with Gasteiger partial charge in [0.05, 0.1) is 19.1 Å². The van der Waals surface area contributed by atoms with E-state index < -0.39 is 72.8 Å². The van der Waals surface area contributed by atoms with Crippen LogP contribution in [-0.4, -0.2) is 75.8 Å². The lowest BCUT2D eigenvalue weighted by Gasteiger charge is -2.24. The first-order chi connectivity index (χ1) is 12.4. The fourth-order valence-corrected chi connectivity index (χ4v) is 1.90. The molecule has 8 N–H and O–H groups in total. The third-order valence-electron chi connectivity index (χ3n) is 3.50. The maximum atomic E-state index is 12.2. The summed E-state index contributed by atoms with van der Waals surface area (Å²) in [5.41, 5.74) is 5.41. The number of carbonyl (C=O) groups excluding carboxylic acids is 3. The van der Waals surface area contributed by atoms with Gasteiger partial charge < -0.3 is 37.0 Å². The molecule has 27 heavy (non-hydrogen) atoms. The number of aliphatic hydroxyl groups excluding tert-OH is 1. The van der Waals surface area contributed by atoms with Crippen molar-refractivity contribution in [2.45, 2.75) is 51.4 Å². The maximum Gasteiger partial charge on any atom is 0.326 e. The van der Waals surface area contributed by atoms with Gasteiger partial charge in [-0.3, -0.25) is 19.2 Å². The van der Waals surface area contributed by atoms with Gasteiger partial charge in [0.25, 0.3) is 0 Å². The Kier molecular flexibility index (Phi) is 9.96. The highest BCUT2D eigenvalue weighted by Gasteiger charge is 2.30. The first-order valence-electron chi connectivity index (χ1n) is 8.12. The van der Waals surface area contributed by atoms with Crippen LogP contribution in [0, 0.1) is 5.92 Å². The fourth-order valence-electron chi connectivity index (χ4n) is 1.90. The zero-order valence-electron chi connectivity index (χ0n) is 15.3. The minimum absolute atomic E-state index is 0.455. The van der Waals surface area contributed by atoms with Gasteiger partial charge in [-0.15, -0.1) is 0 Å². The van der Waals surface area contributed by atoms with E-state index in [1.165, 1.54) is 6.92 Å². The van der Waals surface area contributed by atoms with Crippen LogP contribution in [0.25, 0.3) is 0 Å². The number of carboxylic acids is 2. The Labute approximate surface area is 155 Å². The molecule has 0 aliphatic rings. The highest BCUT2D eigenvalue weighted by molar-refractivity contribution is 5.93. The molecule has 0 radical (unpaired) electrons. The van der Waals surface area contributed by atoms with Gasteiger partial charge in [0.15, 0.2) is 0 Å². The van der Waals surface area contributed by atoms with E-state index in [-0.39, 0.29) is 0 Å². The van der Waals surface area contributed by atoms with E-state index in [2.05, 4.69) is 16.0 Å². The third-order valence-corrected chi connectivity index (χ3v) is 3.50. The zero-order valence-corrected chi connectivity index (χ0v) is 15.3. The first-order valence-corrected chi connectivity index (χ1v) is 8.12. The molecule has 0 fully saturated rings. The molecule has 154 valence electrons. The summed E-state index contributed by atoms with van der Waals surface area (Å²) in [5.74, 6) is -5.79. The van der Waals surface area contributed by atoms with Crippen molar-refractivity contribution in [3.05, 3.63) is 0 Å². The van der Waals surface area contributed by atoms with E-state index in [0.717, 1.165) is 0 Å². The molecular formula is C15H26N4O8. The molecule has 12 nitrogen and oxygen atoms in total. The summed E-state index contributed by atoms with van der Waals surface area (Å²) in [4.78, 5) is 57.5. The molecule has 0 bridgehead atoms. The lowest BCUT2D eigenvalue weighted by molar-refractivity contribution is -0.147. The molecule has 0 saturated heterocycles. The number of hydrogen-bond donors (Lipinski definition) is 7. The fraction of sp³-hybridized carbons (Fsp3) is 0.667. The number of nitrogens with one attached hydrogen (secondary N) is 3. The van der Waals surface area contributed by atoms with Crippen molar-refractivity contribution in [2.24, 2.45) is 11.7 Å². The number of aliphatic carboxylic acids is 2. The van der Waals surface area contributed by atoms with Crippen LogP contribution in [0.5, 0.6) is 0 Å². The number of carbonyl (C=O) groups is 5. The normalized spacial score (nSPS) is 15.2. The van der Waals surface area contributed by atoms with Crippen LogP contribution < -0.4 is 21.7 Å². The average Bonchev–Trinajstić information content (AvgIpc) is 2.54. The molecule has 0 aromatic heterocycles. The highest BCUT2D eigenvalue weighted by Crippen LogP contribution is 2.04. The van der Waals surface area contributed by atoms with Crippen molar-refractivity contribution in [2.75, 3.05) is 6.54 Å². The van der Waals surface area contributed by atoms with E-state index in [1.54, 1.807) is 13.8 Å². The Morgan fingerprint density at radius 2 is 1.52 bits per heavy atom. The Bertz CT molecular complexity index is 578. The summed E-state index contributed by atoms with van der Waals surface area (Å²) in [6.07, 6.45) is -1.95. The highest BCUT2D eigenvalue weighted by atomic mass is 16.4. The van der Waals surface area contributed by atoms with Crippen LogP contribution in [0.2, 0.25) is 0 Å². The molecule has 12 heteroatoms. The van der Waals surface area contributed by atoms with E-state index in [9.17, 15) is 29.1 Å². The predicted molar refractivity (Wildman–Crippen MR) is 91.3 cm³/mol. The van der Waals surface area contributed by atoms with E-state index in [1.807, 2.05) is 0 Å². The van der Waals surface area contributed by atoms with Gasteiger partial charge >= 0.3 is 11.9 Å². The van der Waals surface area contributed by atoms with E-state index in [0.29, 0.717) is 0 Å². The van der Waals surface area contributed by atoms with Gasteiger partial charge in [-0.1, -0.05) is 13.8 Å². The summed E-state index contributed by atoms with van der Waals surface area (Å²) in [7, 11) is 0. The standard InChI is InChI=1S/C15H26N4O8/c1-6(2)12(14(25)18-8(15(26)27)4-10(22)23)19-9(21)5-17-13(24)11(16)7(3)20/h6-8,11-12,20H,4-5,16H2,1-3H3,(H,17,24)(H,18,25)(H,19,21)(H,22,23)(H,26,27). The molecule has 0 aromatic rings. The van der Waals surface area contributed by atoms with Gasteiger partial charge in [-0.05, 0) is 12.8 Å². The number of nitrogens with two attached hydrogens (primary N) is 1. The second-order valence-corrected chi connectivity index (χ2v) is 6.27. The van der Waals surface area contributed by atoms with Crippen molar-refractivity contribution in [3.63, 3.8) is 0 Å². The Morgan fingerprint density at radius 1 is 0.963 bits per heavy atom. The monoisotopic (exact) mass is 390 g/mol. The third kappa shape index (κ3) is 8.96. The quantitative estimate of drug-likeness (QED) is 0.191. The number of rotatable bonds is 11. The summed E-state index contributed by atoms with van der Waals surface area (Å²) in [6.45, 7) is 3.95. The molecule has 4 atom stereocenters. The summed E-state index contributed by atoms with van der Waals surface area (Å²) in [6, 6.07) is -4.04. The van der Waals surface area contributed by atoms with Crippen molar-refractivity contribution >= 4 is 29.7 Å². The van der Waals surface area contributed by atoms with E-state index >= 15 is 0 Å².